The van der Waals surface area contributed by atoms with Crippen molar-refractivity contribution < 1.29 is 0 Å². The molecule has 3 saturated carbocycles. The van der Waals surface area contributed by atoms with Crippen LogP contribution in [0.5, 0.6) is 0 Å². The zero-order chi connectivity index (χ0) is 29.3. The van der Waals surface area contributed by atoms with Crippen LogP contribution >= 0.6 is 0 Å². The second kappa shape index (κ2) is 16.1. The minimum atomic E-state index is 0.476. The third-order valence-corrected chi connectivity index (χ3v) is 12.8. The molecule has 0 heterocycles. The zero-order valence-corrected chi connectivity index (χ0v) is 28.0. The molecule has 0 bridgehead atoms. The van der Waals surface area contributed by atoms with Crippen molar-refractivity contribution in [3.05, 3.63) is 11.6 Å². The Hall–Kier alpha value is -0.420. The molecule has 8 atom stereocenters. The molecule has 0 aromatic heterocycles. The Morgan fingerprint density at radius 3 is 2.27 bits per heavy atom. The fraction of sp³-hybridized carbons (Fsp3) is 0.946. The van der Waals surface area contributed by atoms with Crippen molar-refractivity contribution >= 4 is 0 Å². The Balaban J connectivity index is 1.18. The van der Waals surface area contributed by atoms with Crippen LogP contribution in [0.1, 0.15) is 131 Å². The van der Waals surface area contributed by atoms with Crippen LogP contribution in [0.15, 0.2) is 11.6 Å². The molecule has 0 spiro atoms. The highest BCUT2D eigenvalue weighted by Gasteiger charge is 2.59. The van der Waals surface area contributed by atoms with Gasteiger partial charge in [0.25, 0.3) is 0 Å². The second-order valence-corrected chi connectivity index (χ2v) is 15.9. The lowest BCUT2D eigenvalue weighted by Crippen LogP contribution is -2.51. The SMILES string of the molecule is CC(C)CCC[C@@H](C)[C@H]1CC[C@H]2[C@@H]3CC=C4C[C@@H](NCCCNCCCCNCCCN)CC[C@]4(C)[C@H]3CC[C@]12C. The molecule has 0 aromatic rings. The highest BCUT2D eigenvalue weighted by atomic mass is 14.9. The Bertz CT molecular complexity index is 794. The fourth-order valence-corrected chi connectivity index (χ4v) is 10.4. The predicted octanol–water partition coefficient (Wildman–Crippen LogP) is 7.68. The first-order chi connectivity index (χ1) is 19.8. The molecule has 4 aliphatic rings. The summed E-state index contributed by atoms with van der Waals surface area (Å²) in [7, 11) is 0. The Labute approximate surface area is 255 Å². The molecule has 0 radical (unpaired) electrons. The molecule has 0 amide bonds. The summed E-state index contributed by atoms with van der Waals surface area (Å²) in [6.45, 7) is 19.2. The Kier molecular flexibility index (Phi) is 13.1. The van der Waals surface area contributed by atoms with Crippen LogP contribution in [-0.4, -0.2) is 45.3 Å². The normalized spacial score (nSPS) is 35.6. The van der Waals surface area contributed by atoms with Gasteiger partial charge >= 0.3 is 0 Å². The summed E-state index contributed by atoms with van der Waals surface area (Å²) in [6, 6.07) is 0.696. The van der Waals surface area contributed by atoms with Crippen molar-refractivity contribution in [3.63, 3.8) is 0 Å². The van der Waals surface area contributed by atoms with Gasteiger partial charge in [-0.2, -0.15) is 0 Å². The van der Waals surface area contributed by atoms with Gasteiger partial charge in [0.05, 0.1) is 0 Å². The molecule has 0 aromatic carbocycles. The van der Waals surface area contributed by atoms with E-state index in [2.05, 4.69) is 56.6 Å². The maximum atomic E-state index is 5.54. The van der Waals surface area contributed by atoms with Crippen LogP contribution in [0, 0.1) is 46.3 Å². The van der Waals surface area contributed by atoms with Gasteiger partial charge in [0.1, 0.15) is 0 Å². The van der Waals surface area contributed by atoms with E-state index in [-0.39, 0.29) is 0 Å². The summed E-state index contributed by atoms with van der Waals surface area (Å²) in [5, 5.41) is 11.1. The van der Waals surface area contributed by atoms with E-state index in [4.69, 9.17) is 5.73 Å². The van der Waals surface area contributed by atoms with Gasteiger partial charge in [-0.1, -0.05) is 65.5 Å². The standard InChI is InChI=1S/C37H70N4/c1-28(2)11-8-12-29(3)33-15-16-34-32-14-13-30-27-31(17-19-36(30,4)35(32)18-20-37(33,34)5)41-26-10-25-40-23-7-6-22-39-24-9-21-38/h13,28-29,31-35,39-41H,6-12,14-27,38H2,1-5H3/t29-,31+,32+,33-,34+,35+,36+,37-/m1/s1. The van der Waals surface area contributed by atoms with E-state index in [1.807, 2.05) is 5.57 Å². The summed E-state index contributed by atoms with van der Waals surface area (Å²) in [4.78, 5) is 0. The summed E-state index contributed by atoms with van der Waals surface area (Å²) >= 11 is 0. The Morgan fingerprint density at radius 1 is 0.805 bits per heavy atom. The van der Waals surface area contributed by atoms with Crippen molar-refractivity contribution in [2.24, 2.45) is 52.1 Å². The molecule has 3 fully saturated rings. The minimum Gasteiger partial charge on any atom is -0.330 e. The van der Waals surface area contributed by atoms with Gasteiger partial charge in [-0.15, -0.1) is 0 Å². The summed E-state index contributed by atoms with van der Waals surface area (Å²) < 4.78 is 0. The van der Waals surface area contributed by atoms with E-state index in [1.54, 1.807) is 0 Å². The average molecular weight is 571 g/mol. The van der Waals surface area contributed by atoms with E-state index in [1.165, 1.54) is 89.9 Å². The molecule has 0 unspecified atom stereocenters. The number of hydrogen-bond acceptors (Lipinski definition) is 4. The highest BCUT2D eigenvalue weighted by molar-refractivity contribution is 5.26. The third kappa shape index (κ3) is 8.40. The molecule has 4 rings (SSSR count). The van der Waals surface area contributed by atoms with Crippen LogP contribution in [0.25, 0.3) is 0 Å². The van der Waals surface area contributed by atoms with Gasteiger partial charge in [0.2, 0.25) is 0 Å². The average Bonchev–Trinajstić information content (AvgIpc) is 3.30. The summed E-state index contributed by atoms with van der Waals surface area (Å²) in [6.07, 6.45) is 23.4. The molecule has 4 heteroatoms. The maximum absolute atomic E-state index is 5.54. The molecular formula is C37H70N4. The van der Waals surface area contributed by atoms with Crippen LogP contribution in [0.3, 0.4) is 0 Å². The first-order valence-corrected chi connectivity index (χ1v) is 18.3. The van der Waals surface area contributed by atoms with E-state index in [0.29, 0.717) is 16.9 Å². The third-order valence-electron chi connectivity index (χ3n) is 12.8. The van der Waals surface area contributed by atoms with Crippen molar-refractivity contribution in [3.8, 4) is 0 Å². The topological polar surface area (TPSA) is 62.1 Å². The molecule has 4 aliphatic carbocycles. The van der Waals surface area contributed by atoms with Crippen molar-refractivity contribution in [2.45, 2.75) is 137 Å². The highest BCUT2D eigenvalue weighted by Crippen LogP contribution is 2.67. The van der Waals surface area contributed by atoms with Crippen molar-refractivity contribution in [1.29, 1.82) is 0 Å². The molecule has 0 saturated heterocycles. The van der Waals surface area contributed by atoms with Crippen LogP contribution in [0.4, 0.5) is 0 Å². The number of unbranched alkanes of at least 4 members (excludes halogenated alkanes) is 1. The molecule has 4 nitrogen and oxygen atoms in total. The second-order valence-electron chi connectivity index (χ2n) is 15.9. The van der Waals surface area contributed by atoms with E-state index in [9.17, 15) is 0 Å². The van der Waals surface area contributed by atoms with Crippen molar-refractivity contribution in [2.75, 3.05) is 39.3 Å². The number of nitrogens with two attached hydrogens (primary N) is 1. The van der Waals surface area contributed by atoms with Crippen molar-refractivity contribution in [1.82, 2.24) is 16.0 Å². The lowest BCUT2D eigenvalue weighted by molar-refractivity contribution is -0.0514. The number of nitrogens with one attached hydrogen (secondary N) is 3. The fourth-order valence-electron chi connectivity index (χ4n) is 10.4. The van der Waals surface area contributed by atoms with Gasteiger partial charge in [-0.05, 0) is 163 Å². The summed E-state index contributed by atoms with van der Waals surface area (Å²) in [5.74, 6) is 5.61. The first kappa shape index (κ1) is 33.5. The van der Waals surface area contributed by atoms with Crippen LogP contribution in [0.2, 0.25) is 0 Å². The van der Waals surface area contributed by atoms with Gasteiger partial charge in [-0.25, -0.2) is 0 Å². The first-order valence-electron chi connectivity index (χ1n) is 18.3. The van der Waals surface area contributed by atoms with E-state index >= 15 is 0 Å². The molecule has 0 aliphatic heterocycles. The van der Waals surface area contributed by atoms with Crippen LogP contribution in [-0.2, 0) is 0 Å². The maximum Gasteiger partial charge on any atom is 0.0105 e. The minimum absolute atomic E-state index is 0.476. The predicted molar refractivity (Wildman–Crippen MR) is 178 cm³/mol. The number of hydrogen-bond donors (Lipinski definition) is 4. The van der Waals surface area contributed by atoms with Gasteiger partial charge in [0, 0.05) is 6.04 Å². The van der Waals surface area contributed by atoms with Gasteiger partial charge in [-0.3, -0.25) is 0 Å². The van der Waals surface area contributed by atoms with Gasteiger partial charge in [0.15, 0.2) is 0 Å². The molecule has 41 heavy (non-hydrogen) atoms. The van der Waals surface area contributed by atoms with Crippen LogP contribution < -0.4 is 21.7 Å². The number of rotatable bonds is 18. The number of allylic oxidation sites excluding steroid dienone is 1. The molecule has 5 N–H and O–H groups in total. The molecule has 238 valence electrons. The lowest BCUT2D eigenvalue weighted by atomic mass is 9.47. The van der Waals surface area contributed by atoms with Gasteiger partial charge < -0.3 is 21.7 Å². The largest absolute Gasteiger partial charge is 0.330 e. The smallest absolute Gasteiger partial charge is 0.0105 e. The van der Waals surface area contributed by atoms with E-state index in [0.717, 1.165) is 81.2 Å². The number of fused-ring (bicyclic) bond motifs is 5. The monoisotopic (exact) mass is 571 g/mol. The Morgan fingerprint density at radius 2 is 1.54 bits per heavy atom. The van der Waals surface area contributed by atoms with E-state index < -0.39 is 0 Å². The summed E-state index contributed by atoms with van der Waals surface area (Å²) in [5.41, 5.74) is 8.46. The molecular weight excluding hydrogens is 500 g/mol. The zero-order valence-electron chi connectivity index (χ0n) is 28.0. The lowest BCUT2D eigenvalue weighted by Gasteiger charge is -2.58. The quantitative estimate of drug-likeness (QED) is 0.101.